The van der Waals surface area contributed by atoms with E-state index in [1.807, 2.05) is 0 Å². The molecule has 0 aliphatic carbocycles. The Kier molecular flexibility index (Phi) is 7.43. The van der Waals surface area contributed by atoms with Gasteiger partial charge in [-0.05, 0) is 50.6 Å². The number of nitrogens with one attached hydrogen (secondary N) is 2. The van der Waals surface area contributed by atoms with Crippen LogP contribution in [0.4, 0.5) is 0 Å². The predicted molar refractivity (Wildman–Crippen MR) is 120 cm³/mol. The fraction of sp³-hybridized carbons (Fsp3) is 0.304. The maximum absolute atomic E-state index is 12.7. The second-order valence-corrected chi connectivity index (χ2v) is 7.37. The zero-order chi connectivity index (χ0) is 23.1. The van der Waals surface area contributed by atoms with E-state index in [1.165, 1.54) is 4.68 Å². The molecule has 1 aromatic heterocycles. The van der Waals surface area contributed by atoms with Crippen LogP contribution < -0.4 is 25.9 Å². The van der Waals surface area contributed by atoms with E-state index >= 15 is 0 Å². The number of amides is 2. The molecule has 0 fully saturated rings. The highest BCUT2D eigenvalue weighted by molar-refractivity contribution is 6.05. The first kappa shape index (κ1) is 22.8. The van der Waals surface area contributed by atoms with Gasteiger partial charge in [-0.15, -0.1) is 0 Å². The molecule has 0 aliphatic rings. The summed E-state index contributed by atoms with van der Waals surface area (Å²) in [5.74, 6) is 0.452. The van der Waals surface area contributed by atoms with Gasteiger partial charge in [0.05, 0.1) is 25.1 Å². The Morgan fingerprint density at radius 3 is 2.31 bits per heavy atom. The molecule has 0 bridgehead atoms. The van der Waals surface area contributed by atoms with Gasteiger partial charge < -0.3 is 9.47 Å². The van der Waals surface area contributed by atoms with Gasteiger partial charge in [0, 0.05) is 11.8 Å². The zero-order valence-corrected chi connectivity index (χ0v) is 18.3. The van der Waals surface area contributed by atoms with Gasteiger partial charge in [0.1, 0.15) is 11.5 Å². The molecule has 9 nitrogen and oxygen atoms in total. The molecule has 0 spiro atoms. The zero-order valence-electron chi connectivity index (χ0n) is 18.3. The largest absolute Gasteiger partial charge is 0.497 e. The van der Waals surface area contributed by atoms with Crippen molar-refractivity contribution >= 4 is 22.6 Å². The van der Waals surface area contributed by atoms with Gasteiger partial charge in [-0.3, -0.25) is 25.2 Å². The summed E-state index contributed by atoms with van der Waals surface area (Å²) in [5.41, 5.74) is 4.56. The summed E-state index contributed by atoms with van der Waals surface area (Å²) >= 11 is 0. The van der Waals surface area contributed by atoms with Crippen LogP contribution in [0.2, 0.25) is 0 Å². The van der Waals surface area contributed by atoms with Crippen molar-refractivity contribution in [1.29, 1.82) is 0 Å². The number of hydrazine groups is 1. The van der Waals surface area contributed by atoms with Gasteiger partial charge in [0.15, 0.2) is 5.69 Å². The SMILES string of the molecule is COc1ccc(OCCCC(=O)NNC(=O)c2nn(C(C)C)c(=O)c3ccccc23)cc1. The Balaban J connectivity index is 1.55. The summed E-state index contributed by atoms with van der Waals surface area (Å²) in [5, 5.41) is 5.03. The van der Waals surface area contributed by atoms with Crippen molar-refractivity contribution in [2.24, 2.45) is 0 Å². The Morgan fingerprint density at radius 1 is 1.00 bits per heavy atom. The van der Waals surface area contributed by atoms with Crippen molar-refractivity contribution in [3.05, 3.63) is 64.6 Å². The van der Waals surface area contributed by atoms with Crippen LogP contribution in [0, 0.1) is 0 Å². The highest BCUT2D eigenvalue weighted by Crippen LogP contribution is 2.17. The van der Waals surface area contributed by atoms with Crippen LogP contribution in [-0.4, -0.2) is 35.3 Å². The third kappa shape index (κ3) is 5.42. The topological polar surface area (TPSA) is 112 Å². The summed E-state index contributed by atoms with van der Waals surface area (Å²) in [6.07, 6.45) is 0.628. The van der Waals surface area contributed by atoms with Gasteiger partial charge in [-0.25, -0.2) is 4.68 Å². The molecule has 0 radical (unpaired) electrons. The van der Waals surface area contributed by atoms with Crippen LogP contribution in [0.25, 0.3) is 10.8 Å². The number of hydrogen-bond donors (Lipinski definition) is 2. The van der Waals surface area contributed by atoms with Gasteiger partial charge >= 0.3 is 0 Å². The molecule has 0 unspecified atom stereocenters. The van der Waals surface area contributed by atoms with Crippen LogP contribution in [-0.2, 0) is 4.79 Å². The summed E-state index contributed by atoms with van der Waals surface area (Å²) in [6, 6.07) is 13.7. The smallest absolute Gasteiger partial charge is 0.290 e. The van der Waals surface area contributed by atoms with E-state index in [4.69, 9.17) is 9.47 Å². The average molecular weight is 438 g/mol. The van der Waals surface area contributed by atoms with Crippen molar-refractivity contribution < 1.29 is 19.1 Å². The van der Waals surface area contributed by atoms with E-state index in [-0.39, 0.29) is 29.6 Å². The maximum Gasteiger partial charge on any atom is 0.290 e. The molecular weight excluding hydrogens is 412 g/mol. The predicted octanol–water partition coefficient (Wildman–Crippen LogP) is 2.61. The monoisotopic (exact) mass is 438 g/mol. The molecule has 2 amide bonds. The normalized spacial score (nSPS) is 10.8. The van der Waals surface area contributed by atoms with Crippen molar-refractivity contribution in [3.63, 3.8) is 0 Å². The quantitative estimate of drug-likeness (QED) is 0.413. The second kappa shape index (κ2) is 10.4. The Labute approximate surface area is 185 Å². The first-order valence-corrected chi connectivity index (χ1v) is 10.3. The van der Waals surface area contributed by atoms with E-state index in [2.05, 4.69) is 16.0 Å². The summed E-state index contributed by atoms with van der Waals surface area (Å²) in [6.45, 7) is 3.96. The highest BCUT2D eigenvalue weighted by Gasteiger charge is 2.18. The molecule has 0 aliphatic heterocycles. The number of carbonyl (C=O) groups is 2. The molecule has 2 aromatic carbocycles. The van der Waals surface area contributed by atoms with Crippen LogP contribution in [0.1, 0.15) is 43.2 Å². The molecule has 0 saturated carbocycles. The molecule has 0 atom stereocenters. The van der Waals surface area contributed by atoms with Crippen LogP contribution in [0.15, 0.2) is 53.3 Å². The molecule has 32 heavy (non-hydrogen) atoms. The number of benzene rings is 2. The standard InChI is InChI=1S/C23H26N4O5/c1-15(2)27-23(30)19-8-5-4-7-18(19)21(26-27)22(29)25-24-20(28)9-6-14-32-17-12-10-16(31-3)11-13-17/h4-5,7-8,10-13,15H,6,9,14H2,1-3H3,(H,24,28)(H,25,29). The lowest BCUT2D eigenvalue weighted by atomic mass is 10.1. The molecule has 168 valence electrons. The molecule has 3 aromatic rings. The fourth-order valence-corrected chi connectivity index (χ4v) is 3.07. The van der Waals surface area contributed by atoms with Crippen molar-refractivity contribution in [2.75, 3.05) is 13.7 Å². The first-order chi connectivity index (χ1) is 15.4. The van der Waals surface area contributed by atoms with Gasteiger partial charge in [-0.2, -0.15) is 5.10 Å². The van der Waals surface area contributed by atoms with Crippen molar-refractivity contribution in [3.8, 4) is 11.5 Å². The average Bonchev–Trinajstić information content (AvgIpc) is 2.81. The van der Waals surface area contributed by atoms with E-state index in [0.29, 0.717) is 29.5 Å². The number of methoxy groups -OCH3 is 1. The Morgan fingerprint density at radius 2 is 1.66 bits per heavy atom. The third-order valence-electron chi connectivity index (χ3n) is 4.72. The minimum absolute atomic E-state index is 0.0667. The molecular formula is C23H26N4O5. The van der Waals surface area contributed by atoms with Crippen molar-refractivity contribution in [1.82, 2.24) is 20.6 Å². The number of hydrogen-bond acceptors (Lipinski definition) is 6. The van der Waals surface area contributed by atoms with Gasteiger partial charge in [0.25, 0.3) is 11.5 Å². The van der Waals surface area contributed by atoms with E-state index in [9.17, 15) is 14.4 Å². The molecule has 2 N–H and O–H groups in total. The summed E-state index contributed by atoms with van der Waals surface area (Å²) in [7, 11) is 1.59. The van der Waals surface area contributed by atoms with Gasteiger partial charge in [-0.1, -0.05) is 18.2 Å². The van der Waals surface area contributed by atoms with E-state index in [0.717, 1.165) is 5.75 Å². The van der Waals surface area contributed by atoms with Crippen LogP contribution in [0.3, 0.4) is 0 Å². The minimum Gasteiger partial charge on any atom is -0.497 e. The molecule has 9 heteroatoms. The fourth-order valence-electron chi connectivity index (χ4n) is 3.07. The lowest BCUT2D eigenvalue weighted by molar-refractivity contribution is -0.122. The molecule has 3 rings (SSSR count). The summed E-state index contributed by atoms with van der Waals surface area (Å²) in [4.78, 5) is 37.3. The minimum atomic E-state index is -0.599. The number of nitrogens with zero attached hydrogens (tertiary/aromatic N) is 2. The van der Waals surface area contributed by atoms with Crippen molar-refractivity contribution in [2.45, 2.75) is 32.7 Å². The molecule has 1 heterocycles. The number of rotatable bonds is 8. The second-order valence-electron chi connectivity index (χ2n) is 7.37. The highest BCUT2D eigenvalue weighted by atomic mass is 16.5. The Hall–Kier alpha value is -3.88. The molecule has 0 saturated heterocycles. The van der Waals surface area contributed by atoms with Crippen LogP contribution >= 0.6 is 0 Å². The van der Waals surface area contributed by atoms with E-state index < -0.39 is 5.91 Å². The van der Waals surface area contributed by atoms with Crippen LogP contribution in [0.5, 0.6) is 11.5 Å². The maximum atomic E-state index is 12.7. The lowest BCUT2D eigenvalue weighted by Gasteiger charge is -2.13. The lowest BCUT2D eigenvalue weighted by Crippen LogP contribution is -2.43. The number of aromatic nitrogens is 2. The number of carbonyl (C=O) groups excluding carboxylic acids is 2. The van der Waals surface area contributed by atoms with E-state index in [1.54, 1.807) is 69.5 Å². The first-order valence-electron chi connectivity index (χ1n) is 10.3. The number of fused-ring (bicyclic) bond motifs is 1. The van der Waals surface area contributed by atoms with Gasteiger partial charge in [0.2, 0.25) is 5.91 Å². The summed E-state index contributed by atoms with van der Waals surface area (Å²) < 4.78 is 11.9. The third-order valence-corrected chi connectivity index (χ3v) is 4.72. The Bertz CT molecular complexity index is 1160. The number of ether oxygens (including phenoxy) is 2.